The number of H-pyrrole nitrogens is 1. The van der Waals surface area contributed by atoms with Gasteiger partial charge >= 0.3 is 5.97 Å². The molecule has 0 amide bonds. The number of aryl methyl sites for hydroxylation is 2. The van der Waals surface area contributed by atoms with Gasteiger partial charge in [0, 0.05) is 11.3 Å². The van der Waals surface area contributed by atoms with Gasteiger partial charge in [-0.1, -0.05) is 19.9 Å². The number of ketones is 2. The average molecular weight is 399 g/mol. The van der Waals surface area contributed by atoms with E-state index < -0.39 is 12.1 Å². The summed E-state index contributed by atoms with van der Waals surface area (Å²) in [5.74, 6) is -0.158. The van der Waals surface area contributed by atoms with Crippen molar-refractivity contribution in [3.8, 4) is 5.75 Å². The molecule has 0 aliphatic carbocycles. The number of aromatic amines is 1. The molecule has 0 spiro atoms. The molecule has 6 nitrogen and oxygen atoms in total. The maximum absolute atomic E-state index is 12.6. The van der Waals surface area contributed by atoms with Crippen molar-refractivity contribution >= 4 is 17.5 Å². The van der Waals surface area contributed by atoms with Crippen LogP contribution in [0.5, 0.6) is 5.75 Å². The van der Waals surface area contributed by atoms with E-state index in [0.717, 1.165) is 5.56 Å². The molecule has 1 atom stereocenters. The standard InChI is InChI=1S/C23H29NO5/c1-12(2)19-9-8-18(10-13(19)3)28-11-20(26)29-17(7)23(27)22-14(4)21(16(6)25)15(5)24-22/h8-10,12,17,24H,11H2,1-7H3/t17-/m0/s1. The number of hydrogen-bond acceptors (Lipinski definition) is 5. The molecule has 0 aliphatic rings. The molecule has 0 saturated heterocycles. The second-order valence-corrected chi connectivity index (χ2v) is 7.64. The van der Waals surface area contributed by atoms with Crippen LogP contribution < -0.4 is 4.74 Å². The second kappa shape index (κ2) is 9.07. The molecule has 1 heterocycles. The number of nitrogens with one attached hydrogen (secondary N) is 1. The maximum atomic E-state index is 12.6. The monoisotopic (exact) mass is 399 g/mol. The number of rotatable bonds is 8. The van der Waals surface area contributed by atoms with Crippen molar-refractivity contribution in [1.82, 2.24) is 4.98 Å². The zero-order chi connectivity index (χ0) is 21.9. The molecule has 0 saturated carbocycles. The number of carbonyl (C=O) groups excluding carboxylic acids is 3. The van der Waals surface area contributed by atoms with Gasteiger partial charge in [0.15, 0.2) is 18.5 Å². The molecule has 2 rings (SSSR count). The molecule has 0 fully saturated rings. The number of carbonyl (C=O) groups is 3. The quantitative estimate of drug-likeness (QED) is 0.523. The van der Waals surface area contributed by atoms with Crippen molar-refractivity contribution in [2.24, 2.45) is 0 Å². The van der Waals surface area contributed by atoms with Crippen molar-refractivity contribution in [2.75, 3.05) is 6.61 Å². The fourth-order valence-electron chi connectivity index (χ4n) is 3.54. The average Bonchev–Trinajstić information content (AvgIpc) is 2.93. The Labute approximate surface area is 171 Å². The molecule has 0 aliphatic heterocycles. The minimum Gasteiger partial charge on any atom is -0.482 e. The largest absolute Gasteiger partial charge is 0.482 e. The van der Waals surface area contributed by atoms with Gasteiger partial charge in [0.1, 0.15) is 5.75 Å². The Kier molecular flexibility index (Phi) is 7.01. The second-order valence-electron chi connectivity index (χ2n) is 7.64. The van der Waals surface area contributed by atoms with E-state index in [2.05, 4.69) is 18.8 Å². The molecule has 156 valence electrons. The molecule has 1 aromatic carbocycles. The van der Waals surface area contributed by atoms with Crippen LogP contribution in [0.3, 0.4) is 0 Å². The smallest absolute Gasteiger partial charge is 0.344 e. The Morgan fingerprint density at radius 1 is 1.07 bits per heavy atom. The lowest BCUT2D eigenvalue weighted by Crippen LogP contribution is -2.28. The van der Waals surface area contributed by atoms with Gasteiger partial charge in [-0.05, 0) is 69.4 Å². The minimum absolute atomic E-state index is 0.118. The molecular weight excluding hydrogens is 370 g/mol. The Morgan fingerprint density at radius 3 is 2.24 bits per heavy atom. The highest BCUT2D eigenvalue weighted by atomic mass is 16.6. The molecular formula is C23H29NO5. The lowest BCUT2D eigenvalue weighted by molar-refractivity contribution is -0.148. The number of aromatic nitrogens is 1. The molecule has 1 aromatic heterocycles. The summed E-state index contributed by atoms with van der Waals surface area (Å²) in [4.78, 5) is 39.4. The Bertz CT molecular complexity index is 939. The fourth-order valence-corrected chi connectivity index (χ4v) is 3.54. The van der Waals surface area contributed by atoms with Gasteiger partial charge in [-0.25, -0.2) is 4.79 Å². The first-order valence-electron chi connectivity index (χ1n) is 9.70. The molecule has 29 heavy (non-hydrogen) atoms. The summed E-state index contributed by atoms with van der Waals surface area (Å²) in [6.45, 7) is 12.3. The zero-order valence-corrected chi connectivity index (χ0v) is 18.1. The molecule has 0 radical (unpaired) electrons. The molecule has 0 bridgehead atoms. The lowest BCUT2D eigenvalue weighted by atomic mass is 9.98. The van der Waals surface area contributed by atoms with E-state index in [1.54, 1.807) is 13.8 Å². The minimum atomic E-state index is -0.993. The van der Waals surface area contributed by atoms with Crippen LogP contribution in [0.1, 0.15) is 76.8 Å². The summed E-state index contributed by atoms with van der Waals surface area (Å²) in [5.41, 5.74) is 4.29. The van der Waals surface area contributed by atoms with E-state index in [-0.39, 0.29) is 23.9 Å². The van der Waals surface area contributed by atoms with Crippen molar-refractivity contribution in [2.45, 2.75) is 60.5 Å². The van der Waals surface area contributed by atoms with Gasteiger partial charge in [0.05, 0.1) is 5.69 Å². The molecule has 1 N–H and O–H groups in total. The highest BCUT2D eigenvalue weighted by molar-refractivity contribution is 6.05. The fraction of sp³-hybridized carbons (Fsp3) is 0.435. The van der Waals surface area contributed by atoms with E-state index in [4.69, 9.17) is 9.47 Å². The van der Waals surface area contributed by atoms with Gasteiger partial charge in [-0.15, -0.1) is 0 Å². The summed E-state index contributed by atoms with van der Waals surface area (Å²) in [6, 6.07) is 5.68. The number of Topliss-reactive ketones (excluding diaryl/α,β-unsaturated/α-hetero) is 2. The highest BCUT2D eigenvalue weighted by Gasteiger charge is 2.26. The van der Waals surface area contributed by atoms with Gasteiger partial charge < -0.3 is 14.5 Å². The van der Waals surface area contributed by atoms with Crippen LogP contribution in [-0.4, -0.2) is 35.2 Å². The summed E-state index contributed by atoms with van der Waals surface area (Å²) < 4.78 is 10.7. The van der Waals surface area contributed by atoms with Crippen molar-refractivity contribution < 1.29 is 23.9 Å². The molecule has 2 aromatic rings. The maximum Gasteiger partial charge on any atom is 0.344 e. The van der Waals surface area contributed by atoms with Gasteiger partial charge in [0.2, 0.25) is 5.78 Å². The summed E-state index contributed by atoms with van der Waals surface area (Å²) >= 11 is 0. The molecule has 6 heteroatoms. The van der Waals surface area contributed by atoms with E-state index in [1.165, 1.54) is 19.4 Å². The van der Waals surface area contributed by atoms with Crippen LogP contribution in [0.4, 0.5) is 0 Å². The van der Waals surface area contributed by atoms with E-state index >= 15 is 0 Å². The van der Waals surface area contributed by atoms with E-state index in [0.29, 0.717) is 28.5 Å². The van der Waals surface area contributed by atoms with Crippen LogP contribution in [0.25, 0.3) is 0 Å². The van der Waals surface area contributed by atoms with Crippen molar-refractivity contribution in [3.63, 3.8) is 0 Å². The Hall–Kier alpha value is -2.89. The predicted octanol–water partition coefficient (Wildman–Crippen LogP) is 4.46. The lowest BCUT2D eigenvalue weighted by Gasteiger charge is -2.14. The first kappa shape index (κ1) is 22.4. The van der Waals surface area contributed by atoms with Crippen LogP contribution in [-0.2, 0) is 9.53 Å². The predicted molar refractivity (Wildman–Crippen MR) is 111 cm³/mol. The van der Waals surface area contributed by atoms with Crippen LogP contribution in [0, 0.1) is 20.8 Å². The SMILES string of the molecule is CC(=O)c1c(C)[nH]c(C(=O)[C@H](C)OC(=O)COc2ccc(C(C)C)c(C)c2)c1C. The van der Waals surface area contributed by atoms with Crippen molar-refractivity contribution in [3.05, 3.63) is 51.8 Å². The number of benzene rings is 1. The summed E-state index contributed by atoms with van der Waals surface area (Å²) in [6.07, 6.45) is -0.993. The Morgan fingerprint density at radius 2 is 1.72 bits per heavy atom. The van der Waals surface area contributed by atoms with Gasteiger partial charge in [-0.3, -0.25) is 9.59 Å². The van der Waals surface area contributed by atoms with Gasteiger partial charge in [0.25, 0.3) is 0 Å². The van der Waals surface area contributed by atoms with Crippen LogP contribution in [0.2, 0.25) is 0 Å². The number of hydrogen-bond donors (Lipinski definition) is 1. The topological polar surface area (TPSA) is 85.5 Å². The Balaban J connectivity index is 1.99. The van der Waals surface area contributed by atoms with Crippen molar-refractivity contribution in [1.29, 1.82) is 0 Å². The van der Waals surface area contributed by atoms with Crippen LogP contribution in [0.15, 0.2) is 18.2 Å². The summed E-state index contributed by atoms with van der Waals surface area (Å²) in [7, 11) is 0. The van der Waals surface area contributed by atoms with Gasteiger partial charge in [-0.2, -0.15) is 0 Å². The summed E-state index contributed by atoms with van der Waals surface area (Å²) in [5, 5.41) is 0. The first-order valence-corrected chi connectivity index (χ1v) is 9.70. The number of esters is 1. The first-order chi connectivity index (χ1) is 13.5. The third-order valence-corrected chi connectivity index (χ3v) is 4.93. The van der Waals surface area contributed by atoms with Crippen LogP contribution >= 0.6 is 0 Å². The van der Waals surface area contributed by atoms with E-state index in [1.807, 2.05) is 25.1 Å². The normalized spacial score (nSPS) is 12.0. The molecule has 0 unspecified atom stereocenters. The highest BCUT2D eigenvalue weighted by Crippen LogP contribution is 2.24. The number of ether oxygens (including phenoxy) is 2. The third kappa shape index (κ3) is 5.13. The van der Waals surface area contributed by atoms with E-state index in [9.17, 15) is 14.4 Å². The zero-order valence-electron chi connectivity index (χ0n) is 18.1. The third-order valence-electron chi connectivity index (χ3n) is 4.93.